The maximum absolute atomic E-state index is 12.0. The zero-order chi connectivity index (χ0) is 25.1. The molecule has 1 fully saturated rings. The second-order valence-electron chi connectivity index (χ2n) is 7.70. The van der Waals surface area contributed by atoms with E-state index in [0.717, 1.165) is 34.8 Å². The van der Waals surface area contributed by atoms with Crippen molar-refractivity contribution in [2.24, 2.45) is 10.2 Å². The number of hydrogen-bond acceptors (Lipinski definition) is 7. The Hall–Kier alpha value is -3.10. The van der Waals surface area contributed by atoms with Gasteiger partial charge in [0.25, 0.3) is 0 Å². The molecule has 0 bridgehead atoms. The molecule has 1 amide bonds. The van der Waals surface area contributed by atoms with Crippen molar-refractivity contribution in [3.8, 4) is 5.75 Å². The molecule has 1 aliphatic rings. The highest BCUT2D eigenvalue weighted by Crippen LogP contribution is 2.34. The molecule has 2 aromatic rings. The number of carbonyl (C=O) groups excluding carboxylic acids is 1. The van der Waals surface area contributed by atoms with Gasteiger partial charge in [0.15, 0.2) is 0 Å². The fourth-order valence-corrected chi connectivity index (χ4v) is 3.33. The van der Waals surface area contributed by atoms with Crippen LogP contribution in [0.1, 0.15) is 45.2 Å². The second kappa shape index (κ2) is 13.6. The van der Waals surface area contributed by atoms with Crippen LogP contribution in [-0.2, 0) is 4.74 Å². The summed E-state index contributed by atoms with van der Waals surface area (Å²) in [7, 11) is 3.41. The molecule has 0 spiro atoms. The molecule has 34 heavy (non-hydrogen) atoms. The first kappa shape index (κ1) is 27.1. The third-order valence-electron chi connectivity index (χ3n) is 5.07. The fourth-order valence-electron chi connectivity index (χ4n) is 3.20. The Bertz CT molecular complexity index is 995. The van der Waals surface area contributed by atoms with E-state index in [-0.39, 0.29) is 18.7 Å². The molecule has 1 atom stereocenters. The van der Waals surface area contributed by atoms with E-state index >= 15 is 0 Å². The Morgan fingerprint density at radius 2 is 1.88 bits per heavy atom. The average Bonchev–Trinajstić information content (AvgIpc) is 3.21. The number of cyclic esters (lactones) is 1. The first-order chi connectivity index (χ1) is 16.3. The quantitative estimate of drug-likeness (QED) is 0.391. The van der Waals surface area contributed by atoms with Crippen LogP contribution < -0.4 is 9.64 Å². The predicted octanol–water partition coefficient (Wildman–Crippen LogP) is 5.51. The number of aliphatic hydroxyl groups excluding tert-OH is 1. The van der Waals surface area contributed by atoms with Crippen LogP contribution in [0.25, 0.3) is 0 Å². The predicted molar refractivity (Wildman–Crippen MR) is 137 cm³/mol. The van der Waals surface area contributed by atoms with Crippen LogP contribution in [0, 0.1) is 0 Å². The van der Waals surface area contributed by atoms with Gasteiger partial charge in [-0.05, 0) is 62.2 Å². The molecule has 8 nitrogen and oxygen atoms in total. The van der Waals surface area contributed by atoms with Crippen molar-refractivity contribution in [3.05, 3.63) is 59.1 Å². The Balaban J connectivity index is 0.000000273. The summed E-state index contributed by atoms with van der Waals surface area (Å²) in [6, 6.07) is 14.6. The van der Waals surface area contributed by atoms with E-state index in [4.69, 9.17) is 26.2 Å². The molecule has 1 aliphatic heterocycles. The van der Waals surface area contributed by atoms with Gasteiger partial charge in [-0.3, -0.25) is 4.90 Å². The Labute approximate surface area is 206 Å². The molecule has 0 radical (unpaired) electrons. The second-order valence-corrected chi connectivity index (χ2v) is 8.14. The van der Waals surface area contributed by atoms with Gasteiger partial charge in [0.1, 0.15) is 12.4 Å². The van der Waals surface area contributed by atoms with E-state index in [1.807, 2.05) is 50.2 Å². The average molecular weight is 489 g/mol. The number of rotatable bonds is 8. The molecule has 0 aliphatic carbocycles. The van der Waals surface area contributed by atoms with Gasteiger partial charge < -0.3 is 14.6 Å². The van der Waals surface area contributed by atoms with Crippen molar-refractivity contribution in [1.29, 1.82) is 0 Å². The lowest BCUT2D eigenvalue weighted by Gasteiger charge is -2.22. The van der Waals surface area contributed by atoms with Gasteiger partial charge >= 0.3 is 6.09 Å². The number of aliphatic hydroxyl groups is 1. The summed E-state index contributed by atoms with van der Waals surface area (Å²) < 4.78 is 10.4. The van der Waals surface area contributed by atoms with Crippen molar-refractivity contribution >= 4 is 34.8 Å². The summed E-state index contributed by atoms with van der Waals surface area (Å²) >= 11 is 5.90. The highest BCUT2D eigenvalue weighted by atomic mass is 35.5. The molecule has 0 aromatic heterocycles. The monoisotopic (exact) mass is 488 g/mol. The zero-order valence-corrected chi connectivity index (χ0v) is 21.1. The van der Waals surface area contributed by atoms with Gasteiger partial charge in [0.2, 0.25) is 0 Å². The molecule has 1 unspecified atom stereocenters. The highest BCUT2D eigenvalue weighted by molar-refractivity contribution is 6.30. The summed E-state index contributed by atoms with van der Waals surface area (Å²) in [6.07, 6.45) is 1.18. The lowest BCUT2D eigenvalue weighted by Crippen LogP contribution is -2.27. The van der Waals surface area contributed by atoms with Gasteiger partial charge in [0.05, 0.1) is 13.2 Å². The van der Waals surface area contributed by atoms with Gasteiger partial charge in [-0.25, -0.2) is 4.79 Å². The SMILES string of the molecule is CC/C(C)=N/N(C)/N=C(\C)CCO.COc1cccc(C2COC(=O)N2c2ccc(Cl)cc2)c1. The third-order valence-corrected chi connectivity index (χ3v) is 5.32. The summed E-state index contributed by atoms with van der Waals surface area (Å²) in [5, 5.41) is 19.2. The lowest BCUT2D eigenvalue weighted by atomic mass is 10.1. The number of anilines is 1. The number of hydrogen-bond donors (Lipinski definition) is 1. The van der Waals surface area contributed by atoms with E-state index < -0.39 is 0 Å². The van der Waals surface area contributed by atoms with Gasteiger partial charge in [-0.1, -0.05) is 30.7 Å². The van der Waals surface area contributed by atoms with Crippen LogP contribution in [0.2, 0.25) is 5.02 Å². The van der Waals surface area contributed by atoms with Crippen molar-refractivity contribution in [2.45, 2.75) is 39.7 Å². The highest BCUT2D eigenvalue weighted by Gasteiger charge is 2.35. The number of halogens is 1. The van der Waals surface area contributed by atoms with Crippen LogP contribution in [0.3, 0.4) is 0 Å². The molecule has 1 saturated heterocycles. The molecule has 2 aromatic carbocycles. The maximum atomic E-state index is 12.0. The van der Waals surface area contributed by atoms with E-state index in [2.05, 4.69) is 17.1 Å². The molecule has 184 valence electrons. The van der Waals surface area contributed by atoms with E-state index in [0.29, 0.717) is 18.1 Å². The fraction of sp³-hybridized carbons (Fsp3) is 0.400. The zero-order valence-electron chi connectivity index (χ0n) is 20.4. The number of benzene rings is 2. The summed E-state index contributed by atoms with van der Waals surface area (Å²) in [5.74, 6) is 0.753. The first-order valence-electron chi connectivity index (χ1n) is 11.1. The van der Waals surface area contributed by atoms with Crippen molar-refractivity contribution < 1.29 is 19.4 Å². The van der Waals surface area contributed by atoms with E-state index in [1.165, 1.54) is 0 Å². The molecule has 1 heterocycles. The Morgan fingerprint density at radius 1 is 1.21 bits per heavy atom. The Morgan fingerprint density at radius 3 is 2.50 bits per heavy atom. The number of carbonyl (C=O) groups is 1. The van der Waals surface area contributed by atoms with Crippen molar-refractivity contribution in [2.75, 3.05) is 32.3 Å². The number of hydrazone groups is 2. The summed E-state index contributed by atoms with van der Waals surface area (Å²) in [5.41, 5.74) is 3.66. The van der Waals surface area contributed by atoms with Gasteiger partial charge in [-0.2, -0.15) is 15.3 Å². The van der Waals surface area contributed by atoms with Crippen molar-refractivity contribution in [1.82, 2.24) is 5.12 Å². The van der Waals surface area contributed by atoms with Crippen LogP contribution in [0.15, 0.2) is 58.7 Å². The minimum absolute atomic E-state index is 0.139. The summed E-state index contributed by atoms with van der Waals surface area (Å²) in [6.45, 7) is 6.35. The largest absolute Gasteiger partial charge is 0.497 e. The van der Waals surface area contributed by atoms with E-state index in [1.54, 1.807) is 36.3 Å². The summed E-state index contributed by atoms with van der Waals surface area (Å²) in [4.78, 5) is 13.7. The molecular weight excluding hydrogens is 456 g/mol. The smallest absolute Gasteiger partial charge is 0.415 e. The normalized spacial score (nSPS) is 16.0. The van der Waals surface area contributed by atoms with E-state index in [9.17, 15) is 4.79 Å². The number of methoxy groups -OCH3 is 1. The van der Waals surface area contributed by atoms with Gasteiger partial charge in [-0.15, -0.1) is 0 Å². The standard InChI is InChI=1S/C16H14ClNO3.C9H19N3O/c1-20-14-4-2-3-11(9-14)15-10-21-16(19)18(15)13-7-5-12(17)6-8-13;1-5-8(2)10-12(4)11-9(3)6-7-13/h2-9,15H,10H2,1H3;13H,5-7H2,1-4H3/b;10-8+,11-9+. The molecule has 9 heteroatoms. The topological polar surface area (TPSA) is 87.0 Å². The van der Waals surface area contributed by atoms with Crippen LogP contribution >= 0.6 is 11.6 Å². The number of amides is 1. The van der Waals surface area contributed by atoms with Crippen LogP contribution in [0.4, 0.5) is 10.5 Å². The minimum atomic E-state index is -0.356. The van der Waals surface area contributed by atoms with Crippen LogP contribution in [-0.4, -0.2) is 55.1 Å². The Kier molecular flexibility index (Phi) is 10.8. The first-order valence-corrected chi connectivity index (χ1v) is 11.4. The third kappa shape index (κ3) is 8.04. The van der Waals surface area contributed by atoms with Crippen LogP contribution in [0.5, 0.6) is 5.75 Å². The molecule has 0 saturated carbocycles. The molecule has 1 N–H and O–H groups in total. The van der Waals surface area contributed by atoms with Crippen molar-refractivity contribution in [3.63, 3.8) is 0 Å². The maximum Gasteiger partial charge on any atom is 0.415 e. The number of nitrogens with zero attached hydrogens (tertiary/aromatic N) is 4. The molecular formula is C25H33ClN4O4. The molecule has 3 rings (SSSR count). The van der Waals surface area contributed by atoms with Gasteiger partial charge in [0, 0.05) is 42.2 Å². The minimum Gasteiger partial charge on any atom is -0.497 e. The lowest BCUT2D eigenvalue weighted by molar-refractivity contribution is 0.179. The number of ether oxygens (including phenoxy) is 2.